The van der Waals surface area contributed by atoms with Gasteiger partial charge in [-0.2, -0.15) is 8.78 Å². The number of benzene rings is 1. The average Bonchev–Trinajstić information content (AvgIpc) is 2.30. The Morgan fingerprint density at radius 1 is 1.26 bits per heavy atom. The number of carbonyl (C=O) groups excluding carboxylic acids is 1. The third kappa shape index (κ3) is 5.25. The summed E-state index contributed by atoms with van der Waals surface area (Å²) in [5, 5.41) is 4.81. The van der Waals surface area contributed by atoms with E-state index in [2.05, 4.69) is 10.6 Å². The molecule has 0 saturated heterocycles. The van der Waals surface area contributed by atoms with Crippen LogP contribution >= 0.6 is 0 Å². The summed E-state index contributed by atoms with van der Waals surface area (Å²) in [6.07, 6.45) is -3.68. The van der Waals surface area contributed by atoms with Gasteiger partial charge in [0.25, 0.3) is 0 Å². The van der Waals surface area contributed by atoms with E-state index in [1.807, 2.05) is 0 Å². The SMILES string of the molecule is CC(=O)Nc1ccc(CNCC(F)(F)C(F)F)cc1. The first-order chi connectivity index (χ1) is 8.81. The second kappa shape index (κ2) is 6.51. The van der Waals surface area contributed by atoms with E-state index in [0.29, 0.717) is 11.3 Å². The Bertz CT molecular complexity index is 420. The number of anilines is 1. The van der Waals surface area contributed by atoms with Gasteiger partial charge in [0.2, 0.25) is 5.91 Å². The third-order valence-electron chi connectivity index (χ3n) is 2.28. The highest BCUT2D eigenvalue weighted by Crippen LogP contribution is 2.21. The summed E-state index contributed by atoms with van der Waals surface area (Å²) in [6, 6.07) is 6.42. The minimum absolute atomic E-state index is 0.0443. The van der Waals surface area contributed by atoms with Gasteiger partial charge in [-0.25, -0.2) is 8.78 Å². The minimum Gasteiger partial charge on any atom is -0.326 e. The van der Waals surface area contributed by atoms with Crippen molar-refractivity contribution in [1.29, 1.82) is 0 Å². The van der Waals surface area contributed by atoms with Crippen molar-refractivity contribution in [2.75, 3.05) is 11.9 Å². The molecular formula is C12H14F4N2O. The highest BCUT2D eigenvalue weighted by Gasteiger charge is 2.39. The molecule has 0 spiro atoms. The Morgan fingerprint density at radius 3 is 2.32 bits per heavy atom. The number of rotatable bonds is 6. The number of amides is 1. The van der Waals surface area contributed by atoms with Gasteiger partial charge < -0.3 is 10.6 Å². The summed E-state index contributed by atoms with van der Waals surface area (Å²) >= 11 is 0. The van der Waals surface area contributed by atoms with E-state index >= 15 is 0 Å². The minimum atomic E-state index is -4.03. The van der Waals surface area contributed by atoms with E-state index in [0.717, 1.165) is 0 Å². The van der Waals surface area contributed by atoms with Gasteiger partial charge in [0, 0.05) is 19.2 Å². The molecule has 1 aromatic rings. The molecule has 0 radical (unpaired) electrons. The van der Waals surface area contributed by atoms with E-state index in [9.17, 15) is 22.4 Å². The van der Waals surface area contributed by atoms with Gasteiger partial charge in [0.1, 0.15) is 0 Å². The predicted octanol–water partition coefficient (Wildman–Crippen LogP) is 2.64. The van der Waals surface area contributed by atoms with Crippen molar-refractivity contribution in [3.05, 3.63) is 29.8 Å². The van der Waals surface area contributed by atoms with Gasteiger partial charge in [-0.1, -0.05) is 12.1 Å². The van der Waals surface area contributed by atoms with E-state index in [1.54, 1.807) is 24.3 Å². The van der Waals surface area contributed by atoms with Crippen LogP contribution in [0.5, 0.6) is 0 Å². The molecule has 0 aliphatic rings. The fraction of sp³-hybridized carbons (Fsp3) is 0.417. The summed E-state index contributed by atoms with van der Waals surface area (Å²) in [6.45, 7) is 0.322. The zero-order valence-electron chi connectivity index (χ0n) is 10.2. The first-order valence-corrected chi connectivity index (χ1v) is 5.54. The van der Waals surface area contributed by atoms with Crippen molar-refractivity contribution in [1.82, 2.24) is 5.32 Å². The number of alkyl halides is 4. The first-order valence-electron chi connectivity index (χ1n) is 5.54. The Balaban J connectivity index is 2.44. The zero-order valence-corrected chi connectivity index (χ0v) is 10.2. The highest BCUT2D eigenvalue weighted by atomic mass is 19.3. The summed E-state index contributed by atoms with van der Waals surface area (Å²) < 4.78 is 49.0. The van der Waals surface area contributed by atoms with E-state index < -0.39 is 18.9 Å². The van der Waals surface area contributed by atoms with Gasteiger partial charge in [-0.15, -0.1) is 0 Å². The molecule has 2 N–H and O–H groups in total. The van der Waals surface area contributed by atoms with E-state index in [4.69, 9.17) is 0 Å². The lowest BCUT2D eigenvalue weighted by Crippen LogP contribution is -2.38. The second-order valence-corrected chi connectivity index (χ2v) is 4.04. The zero-order chi connectivity index (χ0) is 14.5. The van der Waals surface area contributed by atoms with Gasteiger partial charge in [-0.3, -0.25) is 4.79 Å². The molecule has 1 amide bonds. The Kier molecular flexibility index (Phi) is 5.29. The van der Waals surface area contributed by atoms with Gasteiger partial charge in [0.05, 0.1) is 6.54 Å². The summed E-state index contributed by atoms with van der Waals surface area (Å²) in [7, 11) is 0. The van der Waals surface area contributed by atoms with E-state index in [1.165, 1.54) is 6.92 Å². The largest absolute Gasteiger partial charge is 0.326 e. The van der Waals surface area contributed by atoms with Crippen LogP contribution in [-0.2, 0) is 11.3 Å². The fourth-order valence-corrected chi connectivity index (χ4v) is 1.36. The van der Waals surface area contributed by atoms with Crippen LogP contribution in [0.1, 0.15) is 12.5 Å². The van der Waals surface area contributed by atoms with Crippen molar-refractivity contribution in [2.45, 2.75) is 25.8 Å². The molecule has 0 aliphatic heterocycles. The Morgan fingerprint density at radius 2 is 1.84 bits per heavy atom. The first kappa shape index (κ1) is 15.4. The molecule has 0 fully saturated rings. The van der Waals surface area contributed by atoms with Crippen LogP contribution in [0.15, 0.2) is 24.3 Å². The third-order valence-corrected chi connectivity index (χ3v) is 2.28. The molecule has 7 heteroatoms. The number of halogens is 4. The van der Waals surface area contributed by atoms with Gasteiger partial charge >= 0.3 is 12.3 Å². The number of nitrogens with one attached hydrogen (secondary N) is 2. The smallest absolute Gasteiger partial charge is 0.319 e. The standard InChI is InChI=1S/C12H14F4N2O/c1-8(19)18-10-4-2-9(3-5-10)6-17-7-12(15,16)11(13)14/h2-5,11,17H,6-7H2,1H3,(H,18,19). The lowest BCUT2D eigenvalue weighted by atomic mass is 10.2. The van der Waals surface area contributed by atoms with Crippen molar-refractivity contribution in [3.63, 3.8) is 0 Å². The van der Waals surface area contributed by atoms with Crippen molar-refractivity contribution in [3.8, 4) is 0 Å². The number of hydrogen-bond donors (Lipinski definition) is 2. The molecule has 0 saturated carbocycles. The highest BCUT2D eigenvalue weighted by molar-refractivity contribution is 5.88. The van der Waals surface area contributed by atoms with Crippen LogP contribution in [-0.4, -0.2) is 24.8 Å². The molecule has 1 aromatic carbocycles. The quantitative estimate of drug-likeness (QED) is 0.785. The normalized spacial score (nSPS) is 11.7. The average molecular weight is 278 g/mol. The van der Waals surface area contributed by atoms with Gasteiger partial charge in [0.15, 0.2) is 0 Å². The molecule has 19 heavy (non-hydrogen) atoms. The monoisotopic (exact) mass is 278 g/mol. The maximum Gasteiger partial charge on any atom is 0.319 e. The van der Waals surface area contributed by atoms with Crippen LogP contribution in [0.2, 0.25) is 0 Å². The molecule has 0 heterocycles. The van der Waals surface area contributed by atoms with Crippen LogP contribution in [0.4, 0.5) is 23.2 Å². The molecular weight excluding hydrogens is 264 g/mol. The molecule has 0 atom stereocenters. The summed E-state index contributed by atoms with van der Waals surface area (Å²) in [4.78, 5) is 10.8. The molecule has 0 bridgehead atoms. The summed E-state index contributed by atoms with van der Waals surface area (Å²) in [5.74, 6) is -4.25. The topological polar surface area (TPSA) is 41.1 Å². The van der Waals surface area contributed by atoms with Crippen molar-refractivity contribution < 1.29 is 22.4 Å². The molecule has 3 nitrogen and oxygen atoms in total. The molecule has 0 unspecified atom stereocenters. The maximum atomic E-state index is 12.6. The molecule has 1 rings (SSSR count). The Labute approximate surface area is 108 Å². The fourth-order valence-electron chi connectivity index (χ4n) is 1.36. The lowest BCUT2D eigenvalue weighted by Gasteiger charge is -2.15. The van der Waals surface area contributed by atoms with Crippen LogP contribution < -0.4 is 10.6 Å². The molecule has 0 aromatic heterocycles. The van der Waals surface area contributed by atoms with Crippen LogP contribution in [0.3, 0.4) is 0 Å². The predicted molar refractivity (Wildman–Crippen MR) is 63.4 cm³/mol. The summed E-state index contributed by atoms with van der Waals surface area (Å²) in [5.41, 5.74) is 1.23. The number of hydrogen-bond acceptors (Lipinski definition) is 2. The van der Waals surface area contributed by atoms with Crippen molar-refractivity contribution >= 4 is 11.6 Å². The molecule has 0 aliphatic carbocycles. The Hall–Kier alpha value is -1.63. The van der Waals surface area contributed by atoms with E-state index in [-0.39, 0.29) is 12.5 Å². The second-order valence-electron chi connectivity index (χ2n) is 4.04. The van der Waals surface area contributed by atoms with Crippen molar-refractivity contribution in [2.24, 2.45) is 0 Å². The van der Waals surface area contributed by atoms with Crippen LogP contribution in [0, 0.1) is 0 Å². The lowest BCUT2D eigenvalue weighted by molar-refractivity contribution is -0.125. The maximum absolute atomic E-state index is 12.6. The van der Waals surface area contributed by atoms with Gasteiger partial charge in [-0.05, 0) is 17.7 Å². The van der Waals surface area contributed by atoms with Crippen LogP contribution in [0.25, 0.3) is 0 Å². The molecule has 106 valence electrons. The number of carbonyl (C=O) groups is 1.